The molecule has 5 nitrogen and oxygen atoms in total. The molecule has 2 aromatic rings. The lowest BCUT2D eigenvalue weighted by molar-refractivity contribution is 0.172. The highest BCUT2D eigenvalue weighted by Crippen LogP contribution is 2.23. The summed E-state index contributed by atoms with van der Waals surface area (Å²) < 4.78 is 2.05. The topological polar surface area (TPSA) is 46.0 Å². The molecular weight excluding hydrogens is 270 g/mol. The second-order valence-electron chi connectivity index (χ2n) is 5.36. The van der Waals surface area contributed by atoms with Gasteiger partial charge in [0.1, 0.15) is 0 Å². The Labute approximate surface area is 123 Å². The number of nitrogens with zero attached hydrogens (tertiary/aromatic N) is 4. The number of thiophene rings is 1. The van der Waals surface area contributed by atoms with Crippen molar-refractivity contribution in [2.45, 2.75) is 32.0 Å². The Balaban J connectivity index is 1.52. The molecule has 0 spiro atoms. The van der Waals surface area contributed by atoms with Crippen molar-refractivity contribution in [3.05, 3.63) is 34.3 Å². The maximum atomic E-state index is 4.27. The number of likely N-dealkylation sites (tertiary alicyclic amines) is 1. The summed E-state index contributed by atoms with van der Waals surface area (Å²) in [7, 11) is 1.93. The van der Waals surface area contributed by atoms with Crippen molar-refractivity contribution in [3.8, 4) is 0 Å². The lowest BCUT2D eigenvalue weighted by atomic mass is 10.0. The first kappa shape index (κ1) is 13.7. The highest BCUT2D eigenvalue weighted by Gasteiger charge is 2.21. The van der Waals surface area contributed by atoms with Crippen LogP contribution in [0.3, 0.4) is 0 Å². The molecule has 0 radical (unpaired) electrons. The van der Waals surface area contributed by atoms with Crippen LogP contribution in [0.15, 0.2) is 23.0 Å². The molecule has 0 aromatic carbocycles. The summed E-state index contributed by atoms with van der Waals surface area (Å²) >= 11 is 1.78. The third-order valence-corrected chi connectivity index (χ3v) is 4.57. The Bertz CT molecular complexity index is 513. The van der Waals surface area contributed by atoms with Crippen LogP contribution in [0, 0.1) is 0 Å². The molecule has 0 aliphatic carbocycles. The van der Waals surface area contributed by atoms with E-state index in [1.54, 1.807) is 11.3 Å². The number of hydrogen-bond donors (Lipinski definition) is 1. The van der Waals surface area contributed by atoms with Crippen molar-refractivity contribution >= 4 is 11.3 Å². The number of nitrogens with one attached hydrogen (secondary N) is 1. The summed E-state index contributed by atoms with van der Waals surface area (Å²) in [4.78, 5) is 2.53. The van der Waals surface area contributed by atoms with E-state index in [1.165, 1.54) is 5.56 Å². The minimum atomic E-state index is 0.506. The molecule has 3 heterocycles. The second kappa shape index (κ2) is 6.47. The first-order valence-electron chi connectivity index (χ1n) is 7.14. The predicted octanol–water partition coefficient (Wildman–Crippen LogP) is 1.90. The van der Waals surface area contributed by atoms with Gasteiger partial charge < -0.3 is 5.32 Å². The highest BCUT2D eigenvalue weighted by molar-refractivity contribution is 7.07. The van der Waals surface area contributed by atoms with Gasteiger partial charge in [0.2, 0.25) is 0 Å². The van der Waals surface area contributed by atoms with Crippen LogP contribution in [-0.4, -0.2) is 40.0 Å². The van der Waals surface area contributed by atoms with Gasteiger partial charge in [0.05, 0.1) is 17.9 Å². The Kier molecular flexibility index (Phi) is 4.44. The summed E-state index contributed by atoms with van der Waals surface area (Å²) in [6.45, 7) is 4.15. The van der Waals surface area contributed by atoms with Gasteiger partial charge >= 0.3 is 0 Å². The van der Waals surface area contributed by atoms with Crippen LogP contribution in [0.4, 0.5) is 0 Å². The van der Waals surface area contributed by atoms with Crippen LogP contribution in [0.1, 0.15) is 30.1 Å². The average molecular weight is 291 g/mol. The van der Waals surface area contributed by atoms with Gasteiger partial charge in [-0.3, -0.25) is 4.90 Å². The fraction of sp³-hybridized carbons (Fsp3) is 0.571. The molecule has 108 valence electrons. The summed E-state index contributed by atoms with van der Waals surface area (Å²) in [5.74, 6) is 0. The summed E-state index contributed by atoms with van der Waals surface area (Å²) in [6, 6.07) is 2.73. The van der Waals surface area contributed by atoms with E-state index in [0.717, 1.165) is 44.7 Å². The fourth-order valence-electron chi connectivity index (χ4n) is 2.74. The number of aromatic nitrogens is 3. The van der Waals surface area contributed by atoms with Gasteiger partial charge in [-0.05, 0) is 42.3 Å². The molecule has 1 N–H and O–H groups in total. The zero-order valence-corrected chi connectivity index (χ0v) is 12.6. The first-order chi connectivity index (χ1) is 9.85. The molecule has 3 rings (SSSR count). The van der Waals surface area contributed by atoms with E-state index in [9.17, 15) is 0 Å². The maximum absolute atomic E-state index is 4.27. The standard InChI is InChI=1S/C14H21N5S/c1-15-8-13-10-19(17-16-13)14-2-5-18(6-3-14)9-12-4-7-20-11-12/h4,7,10-11,14-15H,2-3,5-6,8-9H2,1H3. The number of hydrogen-bond acceptors (Lipinski definition) is 5. The van der Waals surface area contributed by atoms with E-state index in [1.807, 2.05) is 7.05 Å². The molecule has 0 atom stereocenters. The maximum Gasteiger partial charge on any atom is 0.0964 e. The Morgan fingerprint density at radius 2 is 2.25 bits per heavy atom. The monoisotopic (exact) mass is 291 g/mol. The Morgan fingerprint density at radius 3 is 2.95 bits per heavy atom. The van der Waals surface area contributed by atoms with Crippen LogP contribution < -0.4 is 5.32 Å². The van der Waals surface area contributed by atoms with Crippen molar-refractivity contribution in [1.29, 1.82) is 0 Å². The van der Waals surface area contributed by atoms with E-state index >= 15 is 0 Å². The van der Waals surface area contributed by atoms with Crippen LogP contribution in [0.2, 0.25) is 0 Å². The van der Waals surface area contributed by atoms with Crippen molar-refractivity contribution < 1.29 is 0 Å². The quantitative estimate of drug-likeness (QED) is 0.914. The number of rotatable bonds is 5. The zero-order valence-electron chi connectivity index (χ0n) is 11.8. The Hall–Kier alpha value is -1.24. The molecule has 0 amide bonds. The van der Waals surface area contributed by atoms with E-state index in [2.05, 4.69) is 48.2 Å². The molecule has 1 aliphatic rings. The van der Waals surface area contributed by atoms with Crippen molar-refractivity contribution in [2.24, 2.45) is 0 Å². The zero-order chi connectivity index (χ0) is 13.8. The van der Waals surface area contributed by atoms with Gasteiger partial charge in [-0.25, -0.2) is 4.68 Å². The largest absolute Gasteiger partial charge is 0.314 e. The van der Waals surface area contributed by atoms with Crippen LogP contribution in [-0.2, 0) is 13.1 Å². The average Bonchev–Trinajstić information content (AvgIpc) is 3.12. The third-order valence-electron chi connectivity index (χ3n) is 3.83. The van der Waals surface area contributed by atoms with Gasteiger partial charge in [0.25, 0.3) is 0 Å². The normalized spacial score (nSPS) is 17.6. The minimum absolute atomic E-state index is 0.506. The van der Waals surface area contributed by atoms with Crippen LogP contribution in [0.25, 0.3) is 0 Å². The van der Waals surface area contributed by atoms with Crippen LogP contribution in [0.5, 0.6) is 0 Å². The lowest BCUT2D eigenvalue weighted by Gasteiger charge is -2.31. The van der Waals surface area contributed by atoms with Gasteiger partial charge in [-0.2, -0.15) is 11.3 Å². The molecule has 20 heavy (non-hydrogen) atoms. The SMILES string of the molecule is CNCc1cn(C2CCN(Cc3ccsc3)CC2)nn1. The molecule has 1 fully saturated rings. The van der Waals surface area contributed by atoms with E-state index in [4.69, 9.17) is 0 Å². The van der Waals surface area contributed by atoms with Gasteiger partial charge in [-0.1, -0.05) is 5.21 Å². The second-order valence-corrected chi connectivity index (χ2v) is 6.14. The fourth-order valence-corrected chi connectivity index (χ4v) is 3.40. The highest BCUT2D eigenvalue weighted by atomic mass is 32.1. The van der Waals surface area contributed by atoms with Gasteiger partial charge in [0.15, 0.2) is 0 Å². The van der Waals surface area contributed by atoms with Crippen molar-refractivity contribution in [2.75, 3.05) is 20.1 Å². The number of piperidine rings is 1. The molecular formula is C14H21N5S. The van der Waals surface area contributed by atoms with Crippen molar-refractivity contribution in [3.63, 3.8) is 0 Å². The van der Waals surface area contributed by atoms with Gasteiger partial charge in [0, 0.05) is 26.2 Å². The summed E-state index contributed by atoms with van der Waals surface area (Å²) in [6.07, 6.45) is 4.40. The molecule has 0 unspecified atom stereocenters. The molecule has 6 heteroatoms. The minimum Gasteiger partial charge on any atom is -0.314 e. The van der Waals surface area contributed by atoms with Crippen LogP contribution >= 0.6 is 11.3 Å². The lowest BCUT2D eigenvalue weighted by Crippen LogP contribution is -2.34. The molecule has 2 aromatic heterocycles. The van der Waals surface area contributed by atoms with E-state index in [-0.39, 0.29) is 0 Å². The molecule has 1 saturated heterocycles. The molecule has 0 saturated carbocycles. The van der Waals surface area contributed by atoms with E-state index in [0.29, 0.717) is 6.04 Å². The smallest absolute Gasteiger partial charge is 0.0964 e. The Morgan fingerprint density at radius 1 is 1.40 bits per heavy atom. The van der Waals surface area contributed by atoms with Gasteiger partial charge in [-0.15, -0.1) is 5.10 Å². The predicted molar refractivity (Wildman–Crippen MR) is 80.7 cm³/mol. The third kappa shape index (κ3) is 3.26. The summed E-state index contributed by atoms with van der Waals surface area (Å²) in [5, 5.41) is 16.0. The molecule has 1 aliphatic heterocycles. The van der Waals surface area contributed by atoms with E-state index < -0.39 is 0 Å². The van der Waals surface area contributed by atoms with Crippen molar-refractivity contribution in [1.82, 2.24) is 25.2 Å². The molecule has 0 bridgehead atoms. The summed E-state index contributed by atoms with van der Waals surface area (Å²) in [5.41, 5.74) is 2.46. The first-order valence-corrected chi connectivity index (χ1v) is 8.08.